The lowest BCUT2D eigenvalue weighted by molar-refractivity contribution is 0.102. The molecule has 1 N–H and O–H groups in total. The maximum absolute atomic E-state index is 12.3. The molecule has 1 aromatic heterocycles. The Bertz CT molecular complexity index is 620. The summed E-state index contributed by atoms with van der Waals surface area (Å²) in [4.78, 5) is 20.4. The molecule has 5 heteroatoms. The summed E-state index contributed by atoms with van der Waals surface area (Å²) in [6.45, 7) is 5.43. The van der Waals surface area contributed by atoms with Crippen LogP contribution >= 0.6 is 11.6 Å². The molecule has 4 nitrogen and oxygen atoms in total. The van der Waals surface area contributed by atoms with Gasteiger partial charge in [-0.2, -0.15) is 0 Å². The first kappa shape index (κ1) is 13.5. The van der Waals surface area contributed by atoms with Gasteiger partial charge in [-0.15, -0.1) is 0 Å². The highest BCUT2D eigenvalue weighted by molar-refractivity contribution is 6.31. The van der Waals surface area contributed by atoms with Crippen LogP contribution in [0, 0.1) is 20.8 Å². The average Bonchev–Trinajstić information content (AvgIpc) is 2.35. The zero-order valence-electron chi connectivity index (χ0n) is 11.0. The number of rotatable bonds is 2. The fourth-order valence-corrected chi connectivity index (χ4v) is 2.02. The first-order valence-electron chi connectivity index (χ1n) is 5.85. The van der Waals surface area contributed by atoms with Crippen LogP contribution in [0.3, 0.4) is 0 Å². The van der Waals surface area contributed by atoms with Crippen molar-refractivity contribution in [2.45, 2.75) is 20.8 Å². The predicted molar refractivity (Wildman–Crippen MR) is 75.6 cm³/mol. The van der Waals surface area contributed by atoms with Crippen molar-refractivity contribution in [2.75, 3.05) is 5.32 Å². The van der Waals surface area contributed by atoms with Gasteiger partial charge in [-0.05, 0) is 38.5 Å². The Morgan fingerprint density at radius 1 is 1.16 bits per heavy atom. The summed E-state index contributed by atoms with van der Waals surface area (Å²) in [5, 5.41) is 3.47. The van der Waals surface area contributed by atoms with E-state index in [4.69, 9.17) is 11.6 Å². The van der Waals surface area contributed by atoms with Crippen molar-refractivity contribution in [1.29, 1.82) is 0 Å². The number of carbonyl (C=O) groups is 1. The summed E-state index contributed by atoms with van der Waals surface area (Å²) in [5.74, 6) is -0.221. The number of benzene rings is 1. The smallest absolute Gasteiger partial charge is 0.259 e. The van der Waals surface area contributed by atoms with E-state index in [0.717, 1.165) is 5.56 Å². The topological polar surface area (TPSA) is 54.9 Å². The molecule has 0 aliphatic heterocycles. The lowest BCUT2D eigenvalue weighted by Gasteiger charge is -2.11. The first-order chi connectivity index (χ1) is 9.00. The molecule has 0 radical (unpaired) electrons. The van der Waals surface area contributed by atoms with E-state index in [1.165, 1.54) is 6.33 Å². The zero-order chi connectivity index (χ0) is 14.0. The van der Waals surface area contributed by atoms with Crippen LogP contribution in [0.1, 0.15) is 27.3 Å². The van der Waals surface area contributed by atoms with Crippen molar-refractivity contribution in [3.63, 3.8) is 0 Å². The highest BCUT2D eigenvalue weighted by atomic mass is 35.5. The molecule has 1 amide bonds. The van der Waals surface area contributed by atoms with Crippen molar-refractivity contribution >= 4 is 23.2 Å². The number of aromatic nitrogens is 2. The molecule has 1 heterocycles. The highest BCUT2D eigenvalue weighted by Gasteiger charge is 2.15. The zero-order valence-corrected chi connectivity index (χ0v) is 11.7. The molecule has 19 heavy (non-hydrogen) atoms. The van der Waals surface area contributed by atoms with Crippen LogP contribution in [0.15, 0.2) is 24.5 Å². The molecule has 2 rings (SSSR count). The summed E-state index contributed by atoms with van der Waals surface area (Å²) >= 11 is 6.03. The lowest BCUT2D eigenvalue weighted by Crippen LogP contribution is -2.17. The van der Waals surface area contributed by atoms with E-state index in [2.05, 4.69) is 15.3 Å². The number of amides is 1. The van der Waals surface area contributed by atoms with Crippen molar-refractivity contribution in [1.82, 2.24) is 9.97 Å². The fraction of sp³-hybridized carbons (Fsp3) is 0.214. The third kappa shape index (κ3) is 2.74. The summed E-state index contributed by atoms with van der Waals surface area (Å²) in [7, 11) is 0. The summed E-state index contributed by atoms with van der Waals surface area (Å²) in [6.07, 6.45) is 1.45. The Kier molecular flexibility index (Phi) is 3.81. The molecule has 0 spiro atoms. The molecule has 0 aliphatic carbocycles. The number of carbonyl (C=O) groups excluding carboxylic acids is 1. The summed E-state index contributed by atoms with van der Waals surface area (Å²) in [5.41, 5.74) is 3.35. The van der Waals surface area contributed by atoms with Gasteiger partial charge in [-0.25, -0.2) is 9.97 Å². The monoisotopic (exact) mass is 275 g/mol. The number of nitrogens with zero attached hydrogens (tertiary/aromatic N) is 2. The van der Waals surface area contributed by atoms with Gasteiger partial charge in [0.1, 0.15) is 6.33 Å². The van der Waals surface area contributed by atoms with Crippen LogP contribution < -0.4 is 5.32 Å². The molecule has 0 unspecified atom stereocenters. The first-order valence-corrected chi connectivity index (χ1v) is 6.23. The van der Waals surface area contributed by atoms with Gasteiger partial charge in [0.05, 0.1) is 17.0 Å². The van der Waals surface area contributed by atoms with Crippen molar-refractivity contribution in [3.05, 3.63) is 52.1 Å². The molecule has 98 valence electrons. The maximum atomic E-state index is 12.3. The SMILES string of the molecule is Cc1ncnc(C)c1C(=O)Nc1cccc(Cl)c1C. The van der Waals surface area contributed by atoms with E-state index in [1.54, 1.807) is 26.0 Å². The Morgan fingerprint density at radius 2 is 1.79 bits per heavy atom. The van der Waals surface area contributed by atoms with Gasteiger partial charge in [0.25, 0.3) is 5.91 Å². The summed E-state index contributed by atoms with van der Waals surface area (Å²) < 4.78 is 0. The van der Waals surface area contributed by atoms with Gasteiger partial charge < -0.3 is 5.32 Å². The Hall–Kier alpha value is -1.94. The minimum absolute atomic E-state index is 0.221. The van der Waals surface area contributed by atoms with E-state index in [-0.39, 0.29) is 5.91 Å². The van der Waals surface area contributed by atoms with Gasteiger partial charge in [0.2, 0.25) is 0 Å². The fourth-order valence-electron chi connectivity index (χ4n) is 1.85. The number of halogens is 1. The van der Waals surface area contributed by atoms with Crippen LogP contribution in [0.25, 0.3) is 0 Å². The van der Waals surface area contributed by atoms with Crippen LogP contribution in [0.4, 0.5) is 5.69 Å². The quantitative estimate of drug-likeness (QED) is 0.915. The number of hydrogen-bond donors (Lipinski definition) is 1. The minimum atomic E-state index is -0.221. The Balaban J connectivity index is 2.34. The van der Waals surface area contributed by atoms with Crippen molar-refractivity contribution in [2.24, 2.45) is 0 Å². The van der Waals surface area contributed by atoms with Crippen molar-refractivity contribution < 1.29 is 4.79 Å². The van der Waals surface area contributed by atoms with Crippen molar-refractivity contribution in [3.8, 4) is 0 Å². The van der Waals surface area contributed by atoms with E-state index in [1.807, 2.05) is 13.0 Å². The highest BCUT2D eigenvalue weighted by Crippen LogP contribution is 2.23. The third-order valence-electron chi connectivity index (χ3n) is 2.97. The third-order valence-corrected chi connectivity index (χ3v) is 3.38. The van der Waals surface area contributed by atoms with Crippen LogP contribution in [-0.4, -0.2) is 15.9 Å². The molecule has 0 aliphatic rings. The lowest BCUT2D eigenvalue weighted by atomic mass is 10.1. The molecular weight excluding hydrogens is 262 g/mol. The summed E-state index contributed by atoms with van der Waals surface area (Å²) in [6, 6.07) is 5.40. The average molecular weight is 276 g/mol. The van der Waals surface area contributed by atoms with Gasteiger partial charge >= 0.3 is 0 Å². The van der Waals surface area contributed by atoms with Crippen LogP contribution in [0.5, 0.6) is 0 Å². The second kappa shape index (κ2) is 5.36. The second-order valence-corrected chi connectivity index (χ2v) is 4.69. The van der Waals surface area contributed by atoms with E-state index in [0.29, 0.717) is 27.7 Å². The van der Waals surface area contributed by atoms with Crippen LogP contribution in [0.2, 0.25) is 5.02 Å². The molecule has 0 fully saturated rings. The normalized spacial score (nSPS) is 10.3. The number of anilines is 1. The molecule has 0 saturated carbocycles. The maximum Gasteiger partial charge on any atom is 0.259 e. The van der Waals surface area contributed by atoms with E-state index in [9.17, 15) is 4.79 Å². The molecule has 2 aromatic rings. The standard InChI is InChI=1S/C14H14ClN3O/c1-8-11(15)5-4-6-12(8)18-14(19)13-9(2)16-7-17-10(13)3/h4-7H,1-3H3,(H,18,19). The Labute approximate surface area is 116 Å². The van der Waals surface area contributed by atoms with E-state index < -0.39 is 0 Å². The van der Waals surface area contributed by atoms with Gasteiger partial charge in [0.15, 0.2) is 0 Å². The van der Waals surface area contributed by atoms with Crippen LogP contribution in [-0.2, 0) is 0 Å². The number of hydrogen-bond acceptors (Lipinski definition) is 3. The minimum Gasteiger partial charge on any atom is -0.322 e. The van der Waals surface area contributed by atoms with Gasteiger partial charge in [0, 0.05) is 10.7 Å². The molecular formula is C14H14ClN3O. The van der Waals surface area contributed by atoms with Gasteiger partial charge in [-0.3, -0.25) is 4.79 Å². The Morgan fingerprint density at radius 3 is 2.42 bits per heavy atom. The predicted octanol–water partition coefficient (Wildman–Crippen LogP) is 3.31. The second-order valence-electron chi connectivity index (χ2n) is 4.29. The molecule has 1 aromatic carbocycles. The molecule has 0 atom stereocenters. The van der Waals surface area contributed by atoms with E-state index >= 15 is 0 Å². The number of aryl methyl sites for hydroxylation is 2. The molecule has 0 saturated heterocycles. The van der Waals surface area contributed by atoms with Gasteiger partial charge in [-0.1, -0.05) is 17.7 Å². The number of nitrogens with one attached hydrogen (secondary N) is 1. The molecule has 0 bridgehead atoms. The largest absolute Gasteiger partial charge is 0.322 e.